The van der Waals surface area contributed by atoms with Gasteiger partial charge in [-0.25, -0.2) is 0 Å². The number of benzene rings is 2. The van der Waals surface area contributed by atoms with E-state index in [2.05, 4.69) is 70.3 Å². The highest BCUT2D eigenvalue weighted by Crippen LogP contribution is 2.35. The van der Waals surface area contributed by atoms with Gasteiger partial charge < -0.3 is 33.9 Å². The first-order valence-corrected chi connectivity index (χ1v) is 17.1. The molecule has 6 rings (SSSR count). The third kappa shape index (κ3) is 8.50. The Morgan fingerprint density at radius 3 is 2.66 bits per heavy atom. The van der Waals surface area contributed by atoms with E-state index in [0.717, 1.165) is 63.4 Å². The lowest BCUT2D eigenvalue weighted by atomic mass is 9.94. The fourth-order valence-electron chi connectivity index (χ4n) is 7.13. The van der Waals surface area contributed by atoms with Crippen LogP contribution in [-0.4, -0.2) is 112 Å². The zero-order chi connectivity index (χ0) is 32.4. The fraction of sp³-hybridized carbons (Fsp3) is 0.583. The molecule has 0 amide bonds. The Labute approximate surface area is 278 Å². The Morgan fingerprint density at radius 2 is 1.79 bits per heavy atom. The topological polar surface area (TPSA) is 116 Å². The smallest absolute Gasteiger partial charge is 0.318 e. The molecule has 3 aliphatic heterocycles. The molecule has 0 bridgehead atoms. The molecule has 2 saturated heterocycles. The molecule has 0 aliphatic carbocycles. The molecule has 0 spiro atoms. The van der Waals surface area contributed by atoms with Gasteiger partial charge in [0.25, 0.3) is 0 Å². The van der Waals surface area contributed by atoms with E-state index in [9.17, 15) is 5.26 Å². The van der Waals surface area contributed by atoms with Crippen LogP contribution in [0.3, 0.4) is 0 Å². The first-order valence-electron chi connectivity index (χ1n) is 17.1. The summed E-state index contributed by atoms with van der Waals surface area (Å²) in [6, 6.07) is 18.1. The molecule has 4 heterocycles. The number of piperidine rings is 1. The second-order valence-corrected chi connectivity index (χ2v) is 12.8. The summed E-state index contributed by atoms with van der Waals surface area (Å²) in [5, 5.41) is 20.7. The first kappa shape index (κ1) is 33.4. The molecule has 0 unspecified atom stereocenters. The predicted octanol–water partition coefficient (Wildman–Crippen LogP) is 3.82. The molecular weight excluding hydrogens is 596 g/mol. The van der Waals surface area contributed by atoms with Crippen molar-refractivity contribution in [3.8, 4) is 12.1 Å². The summed E-state index contributed by atoms with van der Waals surface area (Å²) >= 11 is 0. The van der Waals surface area contributed by atoms with Crippen molar-refractivity contribution in [2.45, 2.75) is 50.8 Å². The standard InChI is InChI=1S/C36H48N6O5/c1-40-24-30(46-21-20-45-19-18-44-17-16-43)22-29(40)26-47-36-38-33-25-41(34-10-4-8-28-7-2-3-9-31(28)34)15-12-32(33)35(39-36)42-14-5-6-27(23-42)11-13-37/h2-4,7-10,27,29-30,43H,5-6,11-12,14-26H2,1H3/t27-,29-,30+/m0/s1. The molecule has 1 N–H and O–H groups in total. The van der Waals surface area contributed by atoms with Gasteiger partial charge in [0.15, 0.2) is 0 Å². The number of fused-ring (bicyclic) bond motifs is 2. The normalized spacial score (nSPS) is 21.6. The molecule has 252 valence electrons. The van der Waals surface area contributed by atoms with Crippen molar-refractivity contribution in [3.63, 3.8) is 0 Å². The highest BCUT2D eigenvalue weighted by atomic mass is 16.5. The molecule has 1 aromatic heterocycles. The minimum Gasteiger partial charge on any atom is -0.462 e. The van der Waals surface area contributed by atoms with Gasteiger partial charge in [-0.05, 0) is 50.1 Å². The summed E-state index contributed by atoms with van der Waals surface area (Å²) in [4.78, 5) is 17.2. The zero-order valence-electron chi connectivity index (χ0n) is 27.6. The van der Waals surface area contributed by atoms with E-state index >= 15 is 0 Å². The van der Waals surface area contributed by atoms with Crippen LogP contribution in [0, 0.1) is 17.2 Å². The van der Waals surface area contributed by atoms with Crippen LogP contribution in [-0.2, 0) is 27.2 Å². The van der Waals surface area contributed by atoms with Gasteiger partial charge in [0.1, 0.15) is 12.4 Å². The number of nitrogens with zero attached hydrogens (tertiary/aromatic N) is 6. The second kappa shape index (κ2) is 16.5. The number of nitriles is 1. The number of likely N-dealkylation sites (N-methyl/N-ethyl adjacent to an activating group) is 1. The quantitative estimate of drug-likeness (QED) is 0.244. The van der Waals surface area contributed by atoms with Crippen molar-refractivity contribution in [2.24, 2.45) is 5.92 Å². The number of aliphatic hydroxyl groups excluding tert-OH is 1. The van der Waals surface area contributed by atoms with Gasteiger partial charge in [0.2, 0.25) is 0 Å². The molecule has 3 aromatic rings. The number of hydrogen-bond acceptors (Lipinski definition) is 11. The molecule has 11 heteroatoms. The van der Waals surface area contributed by atoms with Gasteiger partial charge in [-0.1, -0.05) is 36.4 Å². The molecule has 2 aromatic carbocycles. The number of ether oxygens (including phenoxy) is 4. The molecule has 0 saturated carbocycles. The van der Waals surface area contributed by atoms with E-state index in [1.807, 2.05) is 0 Å². The van der Waals surface area contributed by atoms with Gasteiger partial charge >= 0.3 is 6.01 Å². The molecule has 2 fully saturated rings. The Balaban J connectivity index is 1.13. The van der Waals surface area contributed by atoms with E-state index in [1.54, 1.807) is 0 Å². The molecular formula is C36H48N6O5. The van der Waals surface area contributed by atoms with Crippen molar-refractivity contribution in [2.75, 3.05) is 89.3 Å². The summed E-state index contributed by atoms with van der Waals surface area (Å²) in [7, 11) is 2.11. The van der Waals surface area contributed by atoms with Crippen LogP contribution in [0.15, 0.2) is 42.5 Å². The molecule has 3 atom stereocenters. The van der Waals surface area contributed by atoms with Crippen molar-refractivity contribution >= 4 is 22.3 Å². The van der Waals surface area contributed by atoms with Gasteiger partial charge in [0.05, 0.1) is 64.1 Å². The average molecular weight is 645 g/mol. The number of aromatic nitrogens is 2. The van der Waals surface area contributed by atoms with Crippen molar-refractivity contribution < 1.29 is 24.1 Å². The lowest BCUT2D eigenvalue weighted by molar-refractivity contribution is -0.0113. The van der Waals surface area contributed by atoms with Crippen molar-refractivity contribution in [1.82, 2.24) is 14.9 Å². The van der Waals surface area contributed by atoms with Crippen LogP contribution in [0.5, 0.6) is 6.01 Å². The van der Waals surface area contributed by atoms with Crippen molar-refractivity contribution in [1.29, 1.82) is 5.26 Å². The zero-order valence-corrected chi connectivity index (χ0v) is 27.6. The maximum absolute atomic E-state index is 9.40. The number of likely N-dealkylation sites (tertiary alicyclic amines) is 1. The summed E-state index contributed by atoms with van der Waals surface area (Å²) in [5.41, 5.74) is 3.46. The summed E-state index contributed by atoms with van der Waals surface area (Å²) in [6.45, 7) is 7.03. The van der Waals surface area contributed by atoms with Gasteiger partial charge in [-0.15, -0.1) is 0 Å². The summed E-state index contributed by atoms with van der Waals surface area (Å²) in [5.74, 6) is 1.33. The fourth-order valence-corrected chi connectivity index (χ4v) is 7.13. The Bertz CT molecular complexity index is 1500. The van der Waals surface area contributed by atoms with Crippen LogP contribution < -0.4 is 14.5 Å². The second-order valence-electron chi connectivity index (χ2n) is 12.8. The van der Waals surface area contributed by atoms with Crippen molar-refractivity contribution in [3.05, 3.63) is 53.7 Å². The lowest BCUT2D eigenvalue weighted by Crippen LogP contribution is -2.39. The van der Waals surface area contributed by atoms with E-state index in [0.29, 0.717) is 64.5 Å². The molecule has 3 aliphatic rings. The monoisotopic (exact) mass is 644 g/mol. The highest BCUT2D eigenvalue weighted by Gasteiger charge is 2.32. The van der Waals surface area contributed by atoms with Crippen LogP contribution in [0.1, 0.15) is 36.9 Å². The largest absolute Gasteiger partial charge is 0.462 e. The SMILES string of the molecule is CN1C[C@H](OCCOCCOCCO)C[C@H]1COc1nc2c(c(N3CCC[C@@H](CC#N)C3)n1)CCN(c1cccc3ccccc13)C2. The van der Waals surface area contributed by atoms with Gasteiger partial charge in [-0.2, -0.15) is 15.2 Å². The summed E-state index contributed by atoms with van der Waals surface area (Å²) < 4.78 is 23.3. The number of aliphatic hydroxyl groups is 1. The maximum atomic E-state index is 9.40. The minimum absolute atomic E-state index is 0.0235. The minimum atomic E-state index is 0.0235. The summed E-state index contributed by atoms with van der Waals surface area (Å²) in [6.07, 6.45) is 4.55. The first-order chi connectivity index (χ1) is 23.1. The van der Waals surface area contributed by atoms with Gasteiger partial charge in [0, 0.05) is 55.3 Å². The predicted molar refractivity (Wildman–Crippen MR) is 181 cm³/mol. The lowest BCUT2D eigenvalue weighted by Gasteiger charge is -2.37. The van der Waals surface area contributed by atoms with E-state index in [4.69, 9.17) is 34.0 Å². The van der Waals surface area contributed by atoms with Crippen LogP contribution in [0.2, 0.25) is 0 Å². The Morgan fingerprint density at radius 1 is 0.957 bits per heavy atom. The molecule has 47 heavy (non-hydrogen) atoms. The van der Waals surface area contributed by atoms with E-state index < -0.39 is 0 Å². The third-order valence-electron chi connectivity index (χ3n) is 9.57. The highest BCUT2D eigenvalue weighted by molar-refractivity contribution is 5.94. The molecule has 11 nitrogen and oxygen atoms in total. The van der Waals surface area contributed by atoms with E-state index in [1.165, 1.54) is 22.0 Å². The Kier molecular flexibility index (Phi) is 11.7. The van der Waals surface area contributed by atoms with E-state index in [-0.39, 0.29) is 18.8 Å². The Hall–Kier alpha value is -3.53. The van der Waals surface area contributed by atoms with Crippen LogP contribution >= 0.6 is 0 Å². The molecule has 0 radical (unpaired) electrons. The maximum Gasteiger partial charge on any atom is 0.318 e. The third-order valence-corrected chi connectivity index (χ3v) is 9.57. The average Bonchev–Trinajstić information content (AvgIpc) is 3.46. The van der Waals surface area contributed by atoms with Crippen LogP contribution in [0.25, 0.3) is 10.8 Å². The van der Waals surface area contributed by atoms with Crippen LogP contribution in [0.4, 0.5) is 11.5 Å². The van der Waals surface area contributed by atoms with Gasteiger partial charge in [-0.3, -0.25) is 4.90 Å². The number of anilines is 2. The number of rotatable bonds is 15. The number of hydrogen-bond donors (Lipinski definition) is 1.